The predicted molar refractivity (Wildman–Crippen MR) is 286 cm³/mol. The zero-order chi connectivity index (χ0) is 52.7. The van der Waals surface area contributed by atoms with Gasteiger partial charge in [0.1, 0.15) is 11.6 Å². The Balaban J connectivity index is 0.000000335. The highest BCUT2D eigenvalue weighted by molar-refractivity contribution is 9.10. The summed E-state index contributed by atoms with van der Waals surface area (Å²) in [4.78, 5) is 32.4. The molecule has 0 amide bonds. The molecule has 0 atom stereocenters. The van der Waals surface area contributed by atoms with Crippen LogP contribution < -0.4 is 44.1 Å². The van der Waals surface area contributed by atoms with Crippen LogP contribution in [0, 0.1) is 11.6 Å². The van der Waals surface area contributed by atoms with Crippen molar-refractivity contribution < 1.29 is 43.9 Å². The molecule has 408 valence electrons. The number of anilines is 2. The number of sulfonamides is 1. The van der Waals surface area contributed by atoms with Crippen LogP contribution in [0.25, 0.3) is 34.4 Å². The Hall–Kier alpha value is -7.81. The van der Waals surface area contributed by atoms with Crippen molar-refractivity contribution in [3.05, 3.63) is 139 Å². The number of nitrogens with two attached hydrogens (primary N) is 3. The van der Waals surface area contributed by atoms with E-state index in [0.717, 1.165) is 9.13 Å². The van der Waals surface area contributed by atoms with Gasteiger partial charge in [-0.1, -0.05) is 69.0 Å². The standard InChI is InChI=1S/C20H18BrFN8O5S.C14H14BrFN8O3.C6H5ClO2S.3CH4/c21-14-11-12(7-8-15(14)22)30-18(28-34-20(30)31)16-17(27-35-26-16)24-9-4-10-25-19(23)29-36(32,33)13-5-2-1-3-6-13;15-8-6-7(2-3-9(8)16)24-12(23-26-14(24)25)10-11(22-27-21-10)19-4-1-5-20-13(17)18;7-10(8,9)6-4-2-1-3-5-6;;;/h1-3,5-8,11H,4,9-10H2,(H,24,27)(H3,23,25,29);2-3,6H,1,4-5H2,(H,19,22)(H4,17,18,20);1-5H;3*1H4. The Kier molecular flexibility index (Phi) is 23.6. The maximum atomic E-state index is 13.6. The molecular formula is C43H49Br2ClF2N16O10S2. The summed E-state index contributed by atoms with van der Waals surface area (Å²) < 4.78 is 96.6. The molecule has 0 bridgehead atoms. The van der Waals surface area contributed by atoms with E-state index in [0.29, 0.717) is 38.2 Å². The van der Waals surface area contributed by atoms with E-state index in [2.05, 4.69) is 88.1 Å². The number of rotatable bonds is 17. The van der Waals surface area contributed by atoms with Crippen molar-refractivity contribution >= 4 is 85.2 Å². The van der Waals surface area contributed by atoms with E-state index in [-0.39, 0.29) is 99.8 Å². The van der Waals surface area contributed by atoms with Crippen molar-refractivity contribution in [1.82, 2.24) is 44.8 Å². The number of nitrogens with one attached hydrogen (secondary N) is 3. The molecule has 0 spiro atoms. The largest absolute Gasteiger partial charge is 0.446 e. The molecule has 26 nitrogen and oxygen atoms in total. The van der Waals surface area contributed by atoms with E-state index >= 15 is 0 Å². The van der Waals surface area contributed by atoms with Gasteiger partial charge in [0.05, 0.1) is 30.1 Å². The van der Waals surface area contributed by atoms with Crippen molar-refractivity contribution in [1.29, 1.82) is 0 Å². The average molecular weight is 1250 g/mol. The fourth-order valence-electron chi connectivity index (χ4n) is 5.80. The second kappa shape index (κ2) is 28.7. The molecule has 0 radical (unpaired) electrons. The van der Waals surface area contributed by atoms with Gasteiger partial charge in [0.15, 0.2) is 17.3 Å². The molecule has 0 saturated carbocycles. The molecule has 9 N–H and O–H groups in total. The molecule has 0 aliphatic rings. The van der Waals surface area contributed by atoms with Crippen LogP contribution in [0.1, 0.15) is 35.1 Å². The summed E-state index contributed by atoms with van der Waals surface area (Å²) in [5, 5.41) is 28.5. The van der Waals surface area contributed by atoms with Crippen LogP contribution in [0.4, 0.5) is 20.4 Å². The topological polar surface area (TPSA) is 381 Å². The highest BCUT2D eigenvalue weighted by Crippen LogP contribution is 2.28. The third-order valence-corrected chi connectivity index (χ3v) is 13.0. The summed E-state index contributed by atoms with van der Waals surface area (Å²) in [7, 11) is -2.32. The fourth-order valence-corrected chi connectivity index (χ4v) is 8.29. The molecule has 0 fully saturated rings. The molecular weight excluding hydrogens is 1200 g/mol. The first kappa shape index (κ1) is 62.5. The summed E-state index contributed by atoms with van der Waals surface area (Å²) >= 11 is 6.15. The van der Waals surface area contributed by atoms with E-state index in [4.69, 9.17) is 46.2 Å². The lowest BCUT2D eigenvalue weighted by Crippen LogP contribution is -2.36. The number of guanidine groups is 2. The van der Waals surface area contributed by atoms with Crippen LogP contribution in [-0.2, 0) is 19.1 Å². The van der Waals surface area contributed by atoms with Crippen molar-refractivity contribution in [2.24, 2.45) is 27.2 Å². The number of aliphatic imine (C=N–C) groups is 2. The fraction of sp³-hybridized carbons (Fsp3) is 0.209. The first-order valence-electron chi connectivity index (χ1n) is 20.5. The number of benzene rings is 4. The van der Waals surface area contributed by atoms with Crippen molar-refractivity contribution in [2.45, 2.75) is 44.9 Å². The number of nitrogens with zero attached hydrogens (tertiary/aromatic N) is 10. The van der Waals surface area contributed by atoms with Gasteiger partial charge in [-0.2, -0.15) is 0 Å². The van der Waals surface area contributed by atoms with Gasteiger partial charge in [0, 0.05) is 36.9 Å². The summed E-state index contributed by atoms with van der Waals surface area (Å²) in [5.74, 6) is -2.36. The van der Waals surface area contributed by atoms with Gasteiger partial charge in [-0.05, 0) is 126 Å². The van der Waals surface area contributed by atoms with E-state index in [1.807, 2.05) is 0 Å². The normalized spacial score (nSPS) is 11.0. The summed E-state index contributed by atoms with van der Waals surface area (Å²) in [6.07, 6.45) is 1.04. The van der Waals surface area contributed by atoms with E-state index in [1.165, 1.54) is 60.7 Å². The van der Waals surface area contributed by atoms with Crippen molar-refractivity contribution in [2.75, 3.05) is 36.8 Å². The molecule has 33 heteroatoms. The first-order chi connectivity index (χ1) is 34.8. The average Bonchev–Trinajstić information content (AvgIpc) is 4.18. The van der Waals surface area contributed by atoms with Gasteiger partial charge in [-0.3, -0.25) is 19.0 Å². The Bertz CT molecular complexity index is 3560. The van der Waals surface area contributed by atoms with Gasteiger partial charge < -0.3 is 27.8 Å². The minimum Gasteiger partial charge on any atom is -0.370 e. The van der Waals surface area contributed by atoms with E-state index in [9.17, 15) is 35.2 Å². The number of halogens is 5. The van der Waals surface area contributed by atoms with Crippen LogP contribution in [0.3, 0.4) is 0 Å². The molecule has 8 aromatic rings. The highest BCUT2D eigenvalue weighted by atomic mass is 79.9. The molecule has 0 unspecified atom stereocenters. The maximum absolute atomic E-state index is 13.6. The molecule has 0 aliphatic heterocycles. The van der Waals surface area contributed by atoms with Gasteiger partial charge in [-0.15, -0.1) is 0 Å². The lowest BCUT2D eigenvalue weighted by Gasteiger charge is -2.07. The maximum Gasteiger partial charge on any atom is 0.446 e. The Morgan fingerprint density at radius 3 is 1.43 bits per heavy atom. The smallest absolute Gasteiger partial charge is 0.370 e. The molecule has 76 heavy (non-hydrogen) atoms. The monoisotopic (exact) mass is 1240 g/mol. The Labute approximate surface area is 453 Å². The zero-order valence-electron chi connectivity index (χ0n) is 37.0. The molecule has 8 rings (SSSR count). The third-order valence-electron chi connectivity index (χ3n) is 9.08. The molecule has 4 heterocycles. The summed E-state index contributed by atoms with van der Waals surface area (Å²) in [6.45, 7) is 1.39. The Morgan fingerprint density at radius 1 is 0.618 bits per heavy atom. The SMILES string of the molecule is C.C.C.NC(=NCCCNc1nonc1-c1noc(=O)n1-c1ccc(F)c(Br)c1)NS(=O)(=O)c1ccccc1.NC(N)=NCCCNc1nonc1-c1noc(=O)n1-c1ccc(F)c(Br)c1.O=S(=O)(Cl)c1ccccc1. The van der Waals surface area contributed by atoms with Crippen LogP contribution >= 0.6 is 42.5 Å². The van der Waals surface area contributed by atoms with Crippen molar-refractivity contribution in [3.63, 3.8) is 0 Å². The van der Waals surface area contributed by atoms with Crippen molar-refractivity contribution in [3.8, 4) is 34.4 Å². The van der Waals surface area contributed by atoms with Crippen LogP contribution in [0.15, 0.2) is 154 Å². The molecule has 4 aromatic carbocycles. The Morgan fingerprint density at radius 2 is 1.04 bits per heavy atom. The van der Waals surface area contributed by atoms with Gasteiger partial charge in [0.2, 0.25) is 29.2 Å². The summed E-state index contributed by atoms with van der Waals surface area (Å²) in [5.41, 5.74) is 17.0. The minimum atomic E-state index is -3.82. The second-order valence-electron chi connectivity index (χ2n) is 14.1. The number of hydrogen-bond donors (Lipinski definition) is 6. The number of hydrogen-bond acceptors (Lipinski definition) is 20. The third kappa shape index (κ3) is 16.9. The van der Waals surface area contributed by atoms with E-state index in [1.54, 1.807) is 36.4 Å². The van der Waals surface area contributed by atoms with E-state index < -0.39 is 42.2 Å². The minimum absolute atomic E-state index is 0. The van der Waals surface area contributed by atoms with Gasteiger partial charge >= 0.3 is 11.5 Å². The lowest BCUT2D eigenvalue weighted by molar-refractivity contribution is 0.309. The van der Waals surface area contributed by atoms with Gasteiger partial charge in [0.25, 0.3) is 19.1 Å². The predicted octanol–water partition coefficient (Wildman–Crippen LogP) is 6.25. The quantitative estimate of drug-likeness (QED) is 0.0254. The molecule has 0 aliphatic carbocycles. The molecule has 0 saturated heterocycles. The zero-order valence-corrected chi connectivity index (χ0v) is 42.5. The highest BCUT2D eigenvalue weighted by Gasteiger charge is 2.25. The van der Waals surface area contributed by atoms with Crippen LogP contribution in [0.5, 0.6) is 0 Å². The van der Waals surface area contributed by atoms with Gasteiger partial charge in [-0.25, -0.2) is 58.3 Å². The first-order valence-corrected chi connectivity index (χ1v) is 25.9. The van der Waals surface area contributed by atoms with Crippen LogP contribution in [0.2, 0.25) is 0 Å². The molecule has 4 aromatic heterocycles. The number of aromatic nitrogens is 8. The summed E-state index contributed by atoms with van der Waals surface area (Å²) in [6, 6.07) is 23.6. The second-order valence-corrected chi connectivity index (χ2v) is 20.1. The van der Waals surface area contributed by atoms with Crippen LogP contribution in [-0.4, -0.2) is 95.0 Å². The lowest BCUT2D eigenvalue weighted by atomic mass is 10.3.